The van der Waals surface area contributed by atoms with Gasteiger partial charge in [0.15, 0.2) is 0 Å². The maximum Gasteiger partial charge on any atom is 0.254 e. The molecule has 9 rings (SSSR count). The van der Waals surface area contributed by atoms with Gasteiger partial charge in [-0.15, -0.1) is 0 Å². The van der Waals surface area contributed by atoms with Gasteiger partial charge in [-0.1, -0.05) is 96.1 Å². The molecule has 0 bridgehead atoms. The average Bonchev–Trinajstić information content (AvgIpc) is 3.23. The van der Waals surface area contributed by atoms with Crippen molar-refractivity contribution in [2.24, 2.45) is 0 Å². The van der Waals surface area contributed by atoms with E-state index in [1.807, 2.05) is 12.1 Å². The smallest absolute Gasteiger partial charge is 0.254 e. The van der Waals surface area contributed by atoms with Gasteiger partial charge in [0.1, 0.15) is 23.1 Å². The standard InChI is InChI=1S/C51H49BN4O2/c1-50(2,3)34-19-21-38(22-20-34)54(36-15-11-9-12-16-36)47-30-28-42-49(53-47)56(37-17-13-10-14-18-37)46-32-35(51(4,5)6)31-45-48(46)52(42)43-33-41(58-8)27-29-44(43)55(45)39-23-25-40(57-7)26-24-39/h9-33H,1-8H3. The molecule has 0 atom stereocenters. The van der Waals surface area contributed by atoms with E-state index in [-0.39, 0.29) is 17.5 Å². The summed E-state index contributed by atoms with van der Waals surface area (Å²) >= 11 is 0. The molecule has 0 unspecified atom stereocenters. The SMILES string of the molecule is COc1ccc(N2c3ccc(OC)cc3B3c4ccc(N(c5ccccc5)c5ccc(C(C)(C)C)cc5)nc4N(c4ccccc4)c4cc(C(C)(C)C)cc2c43)cc1. The minimum atomic E-state index is -0.145. The predicted octanol–water partition coefficient (Wildman–Crippen LogP) is 11.2. The minimum Gasteiger partial charge on any atom is -0.497 e. The van der Waals surface area contributed by atoms with Crippen LogP contribution in [0.3, 0.4) is 0 Å². The fraction of sp³-hybridized carbons (Fsp3) is 0.196. The van der Waals surface area contributed by atoms with Gasteiger partial charge in [-0.2, -0.15) is 0 Å². The molecule has 3 heterocycles. The Morgan fingerprint density at radius 2 is 1.07 bits per heavy atom. The second-order valence-corrected chi connectivity index (χ2v) is 17.3. The molecule has 0 aliphatic carbocycles. The molecule has 58 heavy (non-hydrogen) atoms. The lowest BCUT2D eigenvalue weighted by molar-refractivity contribution is 0.415. The molecule has 0 saturated heterocycles. The molecule has 2 aliphatic rings. The van der Waals surface area contributed by atoms with Gasteiger partial charge in [0.05, 0.1) is 14.2 Å². The maximum atomic E-state index is 5.93. The summed E-state index contributed by atoms with van der Waals surface area (Å²) in [4.78, 5) is 12.8. The first kappa shape index (κ1) is 37.1. The van der Waals surface area contributed by atoms with Crippen molar-refractivity contribution in [2.75, 3.05) is 28.9 Å². The van der Waals surface area contributed by atoms with E-state index in [1.165, 1.54) is 16.6 Å². The Morgan fingerprint density at radius 3 is 1.69 bits per heavy atom. The molecule has 0 N–H and O–H groups in total. The van der Waals surface area contributed by atoms with Gasteiger partial charge in [-0.25, -0.2) is 4.98 Å². The molecule has 0 radical (unpaired) electrons. The highest BCUT2D eigenvalue weighted by molar-refractivity contribution is 7.00. The van der Waals surface area contributed by atoms with Crippen LogP contribution >= 0.6 is 0 Å². The van der Waals surface area contributed by atoms with Gasteiger partial charge >= 0.3 is 0 Å². The van der Waals surface area contributed by atoms with Crippen LogP contribution in [0, 0.1) is 0 Å². The number of para-hydroxylation sites is 2. The lowest BCUT2D eigenvalue weighted by Gasteiger charge is -2.44. The summed E-state index contributed by atoms with van der Waals surface area (Å²) in [5.41, 5.74) is 13.5. The number of aromatic nitrogens is 1. The van der Waals surface area contributed by atoms with Gasteiger partial charge < -0.3 is 14.4 Å². The summed E-state index contributed by atoms with van der Waals surface area (Å²) in [6.45, 7) is 13.5. The van der Waals surface area contributed by atoms with Crippen molar-refractivity contribution in [2.45, 2.75) is 52.4 Å². The number of pyridine rings is 1. The zero-order valence-electron chi connectivity index (χ0n) is 34.6. The predicted molar refractivity (Wildman–Crippen MR) is 243 cm³/mol. The van der Waals surface area contributed by atoms with Crippen molar-refractivity contribution in [1.82, 2.24) is 4.98 Å². The lowest BCUT2D eigenvalue weighted by atomic mass is 9.33. The van der Waals surface area contributed by atoms with Crippen LogP contribution in [0.2, 0.25) is 0 Å². The highest BCUT2D eigenvalue weighted by Crippen LogP contribution is 2.47. The van der Waals surface area contributed by atoms with Crippen molar-refractivity contribution in [3.05, 3.63) is 163 Å². The maximum absolute atomic E-state index is 5.93. The third-order valence-corrected chi connectivity index (χ3v) is 11.6. The monoisotopic (exact) mass is 760 g/mol. The Bertz CT molecular complexity index is 2620. The van der Waals surface area contributed by atoms with Crippen LogP contribution in [0.15, 0.2) is 152 Å². The van der Waals surface area contributed by atoms with E-state index in [4.69, 9.17) is 14.5 Å². The Kier molecular flexibility index (Phi) is 9.07. The van der Waals surface area contributed by atoms with Crippen molar-refractivity contribution >= 4 is 74.5 Å². The molecule has 6 aromatic carbocycles. The zero-order chi connectivity index (χ0) is 40.3. The summed E-state index contributed by atoms with van der Waals surface area (Å²) in [5.74, 6) is 3.37. The largest absolute Gasteiger partial charge is 0.497 e. The van der Waals surface area contributed by atoms with Crippen LogP contribution in [-0.4, -0.2) is 25.9 Å². The van der Waals surface area contributed by atoms with Crippen LogP contribution in [0.5, 0.6) is 11.5 Å². The molecule has 0 saturated carbocycles. The highest BCUT2D eigenvalue weighted by atomic mass is 16.5. The molecular weight excluding hydrogens is 711 g/mol. The van der Waals surface area contributed by atoms with E-state index >= 15 is 0 Å². The summed E-state index contributed by atoms with van der Waals surface area (Å²) in [5, 5.41) is 0. The summed E-state index contributed by atoms with van der Waals surface area (Å²) in [6, 6.07) is 54.3. The first-order valence-electron chi connectivity index (χ1n) is 20.1. The van der Waals surface area contributed by atoms with E-state index in [0.29, 0.717) is 0 Å². The molecule has 6 nitrogen and oxygen atoms in total. The summed E-state index contributed by atoms with van der Waals surface area (Å²) < 4.78 is 11.5. The molecule has 288 valence electrons. The number of benzene rings is 6. The normalized spacial score (nSPS) is 13.1. The van der Waals surface area contributed by atoms with Crippen LogP contribution < -0.4 is 40.6 Å². The van der Waals surface area contributed by atoms with Gasteiger partial charge in [-0.05, 0) is 135 Å². The highest BCUT2D eigenvalue weighted by Gasteiger charge is 2.45. The number of anilines is 9. The zero-order valence-corrected chi connectivity index (χ0v) is 34.6. The Balaban J connectivity index is 1.34. The van der Waals surface area contributed by atoms with Crippen molar-refractivity contribution in [3.8, 4) is 11.5 Å². The second kappa shape index (κ2) is 14.2. The Morgan fingerprint density at radius 1 is 0.500 bits per heavy atom. The number of hydrogen-bond donors (Lipinski definition) is 0. The fourth-order valence-electron chi connectivity index (χ4n) is 8.47. The number of ether oxygens (including phenoxy) is 2. The lowest BCUT2D eigenvalue weighted by Crippen LogP contribution is -2.61. The molecule has 7 aromatic rings. The van der Waals surface area contributed by atoms with Crippen LogP contribution in [0.1, 0.15) is 52.7 Å². The number of rotatable bonds is 7. The van der Waals surface area contributed by atoms with Crippen molar-refractivity contribution in [1.29, 1.82) is 0 Å². The second-order valence-electron chi connectivity index (χ2n) is 17.3. The quantitative estimate of drug-likeness (QED) is 0.151. The van der Waals surface area contributed by atoms with Gasteiger partial charge in [0, 0.05) is 39.8 Å². The summed E-state index contributed by atoms with van der Waals surface area (Å²) in [7, 11) is 3.45. The van der Waals surface area contributed by atoms with E-state index in [0.717, 1.165) is 73.9 Å². The van der Waals surface area contributed by atoms with Crippen molar-refractivity contribution in [3.63, 3.8) is 0 Å². The topological polar surface area (TPSA) is 41.1 Å². The van der Waals surface area contributed by atoms with Gasteiger partial charge in [0.2, 0.25) is 0 Å². The van der Waals surface area contributed by atoms with Gasteiger partial charge in [-0.3, -0.25) is 9.80 Å². The minimum absolute atomic E-state index is 0.0381. The van der Waals surface area contributed by atoms with E-state index in [9.17, 15) is 0 Å². The van der Waals surface area contributed by atoms with Crippen molar-refractivity contribution < 1.29 is 9.47 Å². The number of methoxy groups -OCH3 is 2. The first-order valence-corrected chi connectivity index (χ1v) is 20.1. The molecule has 1 aromatic heterocycles. The fourth-order valence-corrected chi connectivity index (χ4v) is 8.47. The van der Waals surface area contributed by atoms with Crippen LogP contribution in [0.25, 0.3) is 0 Å². The van der Waals surface area contributed by atoms with Gasteiger partial charge in [0.25, 0.3) is 6.71 Å². The number of fused-ring (bicyclic) bond motifs is 4. The number of hydrogen-bond acceptors (Lipinski definition) is 6. The molecule has 0 fully saturated rings. The van der Waals surface area contributed by atoms with E-state index < -0.39 is 0 Å². The average molecular weight is 761 g/mol. The third-order valence-electron chi connectivity index (χ3n) is 11.6. The summed E-state index contributed by atoms with van der Waals surface area (Å²) in [6.07, 6.45) is 0. The Hall–Kier alpha value is -6.47. The molecular formula is C51H49BN4O2. The van der Waals surface area contributed by atoms with E-state index in [2.05, 4.69) is 196 Å². The van der Waals surface area contributed by atoms with Crippen LogP contribution in [-0.2, 0) is 10.8 Å². The number of nitrogens with zero attached hydrogens (tertiary/aromatic N) is 4. The first-order chi connectivity index (χ1) is 27.9. The molecule has 7 heteroatoms. The molecule has 0 spiro atoms. The third kappa shape index (κ3) is 6.35. The van der Waals surface area contributed by atoms with Crippen LogP contribution in [0.4, 0.5) is 51.4 Å². The Labute approximate surface area is 343 Å². The molecule has 2 aliphatic heterocycles. The van der Waals surface area contributed by atoms with E-state index in [1.54, 1.807) is 14.2 Å². The molecule has 0 amide bonds.